The van der Waals surface area contributed by atoms with Gasteiger partial charge < -0.3 is 10.1 Å². The Labute approximate surface area is 119 Å². The van der Waals surface area contributed by atoms with Gasteiger partial charge in [-0.2, -0.15) is 0 Å². The number of terminal acetylenes is 1. The van der Waals surface area contributed by atoms with Gasteiger partial charge >= 0.3 is 5.97 Å². The average molecular weight is 273 g/mol. The van der Waals surface area contributed by atoms with E-state index in [0.29, 0.717) is 6.42 Å². The second-order valence-corrected chi connectivity index (χ2v) is 5.39. The van der Waals surface area contributed by atoms with Crippen LogP contribution in [0.15, 0.2) is 30.3 Å². The van der Waals surface area contributed by atoms with E-state index in [1.807, 2.05) is 36.3 Å². The zero-order valence-corrected chi connectivity index (χ0v) is 12.0. The van der Waals surface area contributed by atoms with Gasteiger partial charge in [0.25, 0.3) is 5.91 Å². The molecule has 0 unspecified atom stereocenters. The van der Waals surface area contributed by atoms with Crippen LogP contribution in [0.25, 0.3) is 0 Å². The second-order valence-electron chi connectivity index (χ2n) is 5.39. The molecule has 0 saturated heterocycles. The standard InChI is InChI=1S/C16H19NO3/c1-5-14(18)17-13(15(19)20-16(2,3)4)11-12-9-7-6-8-10-12/h1,6-10,13H,11H2,2-4H3,(H,17,18)/t13-/m1/s1. The predicted octanol–water partition coefficient (Wildman–Crippen LogP) is 1.69. The third kappa shape index (κ3) is 5.57. The summed E-state index contributed by atoms with van der Waals surface area (Å²) in [5, 5.41) is 2.49. The Morgan fingerprint density at radius 3 is 2.40 bits per heavy atom. The van der Waals surface area contributed by atoms with Crippen LogP contribution in [0.1, 0.15) is 26.3 Å². The molecule has 4 nitrogen and oxygen atoms in total. The number of rotatable bonds is 4. The van der Waals surface area contributed by atoms with Crippen molar-refractivity contribution >= 4 is 11.9 Å². The summed E-state index contributed by atoms with van der Waals surface area (Å²) in [4.78, 5) is 23.4. The molecule has 0 aromatic heterocycles. The molecule has 4 heteroatoms. The Kier molecular flexibility index (Phi) is 5.33. The van der Waals surface area contributed by atoms with Gasteiger partial charge in [-0.05, 0) is 32.3 Å². The van der Waals surface area contributed by atoms with Crippen molar-refractivity contribution < 1.29 is 14.3 Å². The number of esters is 1. The summed E-state index contributed by atoms with van der Waals surface area (Å²) < 4.78 is 5.30. The number of carbonyl (C=O) groups is 2. The van der Waals surface area contributed by atoms with E-state index in [9.17, 15) is 9.59 Å². The third-order valence-corrected chi connectivity index (χ3v) is 2.41. The Morgan fingerprint density at radius 1 is 1.30 bits per heavy atom. The molecule has 0 heterocycles. The maximum absolute atomic E-state index is 12.1. The molecular weight excluding hydrogens is 254 g/mol. The Morgan fingerprint density at radius 2 is 1.90 bits per heavy atom. The molecule has 1 aromatic carbocycles. The minimum Gasteiger partial charge on any atom is -0.458 e. The summed E-state index contributed by atoms with van der Waals surface area (Å²) in [6, 6.07) is 8.57. The van der Waals surface area contributed by atoms with Crippen LogP contribution in [0.5, 0.6) is 0 Å². The average Bonchev–Trinajstić information content (AvgIpc) is 2.37. The molecule has 0 fully saturated rings. The van der Waals surface area contributed by atoms with Crippen molar-refractivity contribution in [2.45, 2.75) is 38.8 Å². The van der Waals surface area contributed by atoms with Crippen LogP contribution in [0, 0.1) is 12.3 Å². The van der Waals surface area contributed by atoms with Crippen LogP contribution in [-0.4, -0.2) is 23.5 Å². The molecule has 1 atom stereocenters. The number of benzene rings is 1. The summed E-state index contributed by atoms with van der Waals surface area (Å²) in [5.41, 5.74) is 0.299. The fourth-order valence-corrected chi connectivity index (χ4v) is 1.62. The van der Waals surface area contributed by atoms with Crippen molar-refractivity contribution in [3.63, 3.8) is 0 Å². The summed E-state index contributed by atoms with van der Waals surface area (Å²) >= 11 is 0. The van der Waals surface area contributed by atoms with Crippen molar-refractivity contribution in [2.24, 2.45) is 0 Å². The normalized spacial score (nSPS) is 12.1. The van der Waals surface area contributed by atoms with E-state index >= 15 is 0 Å². The first-order valence-electron chi connectivity index (χ1n) is 6.36. The molecule has 1 amide bonds. The third-order valence-electron chi connectivity index (χ3n) is 2.41. The highest BCUT2D eigenvalue weighted by atomic mass is 16.6. The molecule has 1 N–H and O–H groups in total. The monoisotopic (exact) mass is 273 g/mol. The Bertz CT molecular complexity index is 509. The Hall–Kier alpha value is -2.28. The predicted molar refractivity (Wildman–Crippen MR) is 76.8 cm³/mol. The van der Waals surface area contributed by atoms with Crippen LogP contribution in [0.2, 0.25) is 0 Å². The summed E-state index contributed by atoms with van der Waals surface area (Å²) in [5.74, 6) is 0.818. The van der Waals surface area contributed by atoms with Crippen LogP contribution in [-0.2, 0) is 20.7 Å². The molecule has 0 bridgehead atoms. The molecule has 1 rings (SSSR count). The van der Waals surface area contributed by atoms with E-state index in [2.05, 4.69) is 5.32 Å². The first-order chi connectivity index (χ1) is 9.31. The molecular formula is C16H19NO3. The van der Waals surface area contributed by atoms with Gasteiger partial charge in [0.15, 0.2) is 0 Å². The molecule has 0 aliphatic rings. The largest absolute Gasteiger partial charge is 0.458 e. The molecule has 20 heavy (non-hydrogen) atoms. The van der Waals surface area contributed by atoms with Crippen LogP contribution in [0.4, 0.5) is 0 Å². The smallest absolute Gasteiger partial charge is 0.329 e. The van der Waals surface area contributed by atoms with Gasteiger partial charge in [0.05, 0.1) is 0 Å². The Balaban J connectivity index is 2.83. The highest BCUT2D eigenvalue weighted by molar-refractivity contribution is 5.95. The van der Waals surface area contributed by atoms with E-state index in [1.165, 1.54) is 0 Å². The van der Waals surface area contributed by atoms with E-state index in [1.54, 1.807) is 20.8 Å². The summed E-state index contributed by atoms with van der Waals surface area (Å²) in [6.45, 7) is 5.31. The van der Waals surface area contributed by atoms with Gasteiger partial charge in [0, 0.05) is 6.42 Å². The van der Waals surface area contributed by atoms with E-state index in [-0.39, 0.29) is 0 Å². The maximum atomic E-state index is 12.1. The van der Waals surface area contributed by atoms with Gasteiger partial charge in [-0.15, -0.1) is 6.42 Å². The minimum atomic E-state index is -0.792. The molecule has 0 aliphatic carbocycles. The molecule has 0 radical (unpaired) electrons. The van der Waals surface area contributed by atoms with Crippen molar-refractivity contribution in [1.82, 2.24) is 5.32 Å². The molecule has 0 spiro atoms. The van der Waals surface area contributed by atoms with Gasteiger partial charge in [-0.25, -0.2) is 4.79 Å². The van der Waals surface area contributed by atoms with Crippen molar-refractivity contribution in [3.8, 4) is 12.3 Å². The summed E-state index contributed by atoms with van der Waals surface area (Å²) in [7, 11) is 0. The number of hydrogen-bond donors (Lipinski definition) is 1. The van der Waals surface area contributed by atoms with E-state index in [0.717, 1.165) is 5.56 Å². The van der Waals surface area contributed by atoms with E-state index in [4.69, 9.17) is 11.2 Å². The number of carbonyl (C=O) groups excluding carboxylic acids is 2. The first-order valence-corrected chi connectivity index (χ1v) is 6.36. The number of hydrogen-bond acceptors (Lipinski definition) is 3. The number of ether oxygens (including phenoxy) is 1. The topological polar surface area (TPSA) is 55.4 Å². The van der Waals surface area contributed by atoms with Crippen LogP contribution >= 0.6 is 0 Å². The number of nitrogens with one attached hydrogen (secondary N) is 1. The van der Waals surface area contributed by atoms with Crippen molar-refractivity contribution in [1.29, 1.82) is 0 Å². The van der Waals surface area contributed by atoms with Crippen LogP contribution < -0.4 is 5.32 Å². The molecule has 106 valence electrons. The SMILES string of the molecule is C#CC(=O)N[C@H](Cc1ccccc1)C(=O)OC(C)(C)C. The lowest BCUT2D eigenvalue weighted by Crippen LogP contribution is -2.45. The number of amides is 1. The van der Waals surface area contributed by atoms with Crippen LogP contribution in [0.3, 0.4) is 0 Å². The molecule has 1 aromatic rings. The lowest BCUT2D eigenvalue weighted by Gasteiger charge is -2.24. The lowest BCUT2D eigenvalue weighted by molar-refractivity contribution is -0.158. The van der Waals surface area contributed by atoms with Crippen molar-refractivity contribution in [3.05, 3.63) is 35.9 Å². The first kappa shape index (κ1) is 15.8. The summed E-state index contributed by atoms with van der Waals surface area (Å²) in [6.07, 6.45) is 5.36. The fourth-order valence-electron chi connectivity index (χ4n) is 1.62. The second kappa shape index (κ2) is 6.76. The van der Waals surface area contributed by atoms with E-state index < -0.39 is 23.5 Å². The molecule has 0 saturated carbocycles. The lowest BCUT2D eigenvalue weighted by atomic mass is 10.1. The minimum absolute atomic E-state index is 0.336. The van der Waals surface area contributed by atoms with Crippen molar-refractivity contribution in [2.75, 3.05) is 0 Å². The van der Waals surface area contributed by atoms with Gasteiger partial charge in [0.2, 0.25) is 0 Å². The zero-order valence-electron chi connectivity index (χ0n) is 12.0. The quantitative estimate of drug-likeness (QED) is 0.671. The molecule has 0 aliphatic heterocycles. The van der Waals surface area contributed by atoms with Gasteiger partial charge in [-0.1, -0.05) is 30.3 Å². The highest BCUT2D eigenvalue weighted by Crippen LogP contribution is 2.11. The fraction of sp³-hybridized carbons (Fsp3) is 0.375. The van der Waals surface area contributed by atoms with Gasteiger partial charge in [-0.3, -0.25) is 4.79 Å². The van der Waals surface area contributed by atoms with Gasteiger partial charge in [0.1, 0.15) is 11.6 Å². The zero-order chi connectivity index (χ0) is 15.2. The highest BCUT2D eigenvalue weighted by Gasteiger charge is 2.26. The maximum Gasteiger partial charge on any atom is 0.329 e.